The lowest BCUT2D eigenvalue weighted by Crippen LogP contribution is -2.57. The summed E-state index contributed by atoms with van der Waals surface area (Å²) in [5, 5.41) is 12.8. The summed E-state index contributed by atoms with van der Waals surface area (Å²) in [6.07, 6.45) is 6.95. The third-order valence-electron chi connectivity index (χ3n) is 3.53. The Hall–Kier alpha value is -0.120. The molecule has 2 N–H and O–H groups in total. The van der Waals surface area contributed by atoms with Crippen LogP contribution in [0.15, 0.2) is 0 Å². The van der Waals surface area contributed by atoms with Gasteiger partial charge in [-0.2, -0.15) is 0 Å². The molecule has 2 atom stereocenters. The second kappa shape index (κ2) is 6.46. The van der Waals surface area contributed by atoms with Crippen LogP contribution in [0.4, 0.5) is 0 Å². The normalized spacial score (nSPS) is 31.8. The van der Waals surface area contributed by atoms with Crippen molar-refractivity contribution in [2.45, 2.75) is 57.1 Å². The van der Waals surface area contributed by atoms with Gasteiger partial charge >= 0.3 is 0 Å². The van der Waals surface area contributed by atoms with Gasteiger partial charge in [0.05, 0.1) is 6.10 Å². The highest BCUT2D eigenvalue weighted by Crippen LogP contribution is 2.33. The zero-order valence-electron chi connectivity index (χ0n) is 10.1. The zero-order chi connectivity index (χ0) is 11.1. The number of hydrogen-bond acceptors (Lipinski definition) is 3. The van der Waals surface area contributed by atoms with Crippen LogP contribution in [0.25, 0.3) is 0 Å². The van der Waals surface area contributed by atoms with Crippen LogP contribution >= 0.6 is 0 Å². The van der Waals surface area contributed by atoms with Crippen molar-refractivity contribution >= 4 is 0 Å². The minimum atomic E-state index is 0.0256. The van der Waals surface area contributed by atoms with Gasteiger partial charge in [-0.15, -0.1) is 0 Å². The van der Waals surface area contributed by atoms with Gasteiger partial charge in [-0.05, 0) is 32.2 Å². The quantitative estimate of drug-likeness (QED) is 0.708. The summed E-state index contributed by atoms with van der Waals surface area (Å²) in [4.78, 5) is 0. The fourth-order valence-electron chi connectivity index (χ4n) is 2.70. The van der Waals surface area contributed by atoms with Crippen molar-refractivity contribution in [3.8, 4) is 0 Å². The fourth-order valence-corrected chi connectivity index (χ4v) is 2.70. The third-order valence-corrected chi connectivity index (χ3v) is 3.53. The van der Waals surface area contributed by atoms with E-state index in [0.29, 0.717) is 0 Å². The first-order valence-corrected chi connectivity index (χ1v) is 6.17. The van der Waals surface area contributed by atoms with Gasteiger partial charge in [0.1, 0.15) is 0 Å². The number of aliphatic hydroxyl groups excluding tert-OH is 1. The van der Waals surface area contributed by atoms with Crippen LogP contribution in [-0.4, -0.2) is 37.0 Å². The predicted octanol–water partition coefficient (Wildman–Crippen LogP) is 1.70. The lowest BCUT2D eigenvalue weighted by atomic mass is 9.76. The average Bonchev–Trinajstić information content (AvgIpc) is 2.27. The summed E-state index contributed by atoms with van der Waals surface area (Å²) in [5.41, 5.74) is 0.0256. The molecule has 1 rings (SSSR count). The van der Waals surface area contributed by atoms with E-state index >= 15 is 0 Å². The first-order chi connectivity index (χ1) is 7.29. The Labute approximate surface area is 93.2 Å². The second-order valence-electron chi connectivity index (χ2n) is 4.53. The number of hydrogen-bond donors (Lipinski definition) is 2. The van der Waals surface area contributed by atoms with E-state index in [0.717, 1.165) is 32.2 Å². The van der Waals surface area contributed by atoms with E-state index in [2.05, 4.69) is 12.2 Å². The molecule has 1 aliphatic rings. The standard InChI is InChI=1S/C12H25NO2/c1-3-9-13-12(8-10-14)7-5-4-6-11(12)15-2/h11,13-14H,3-10H2,1-2H3. The number of nitrogens with one attached hydrogen (secondary N) is 1. The molecular weight excluding hydrogens is 190 g/mol. The summed E-state index contributed by atoms with van der Waals surface area (Å²) >= 11 is 0. The van der Waals surface area contributed by atoms with Crippen molar-refractivity contribution in [1.29, 1.82) is 0 Å². The Morgan fingerprint density at radius 2 is 2.27 bits per heavy atom. The molecular formula is C12H25NO2. The van der Waals surface area contributed by atoms with Gasteiger partial charge in [0.15, 0.2) is 0 Å². The Kier molecular flexibility index (Phi) is 5.58. The van der Waals surface area contributed by atoms with Crippen LogP contribution in [0.3, 0.4) is 0 Å². The molecule has 0 spiro atoms. The Morgan fingerprint density at radius 1 is 1.47 bits per heavy atom. The number of aliphatic hydroxyl groups is 1. The topological polar surface area (TPSA) is 41.5 Å². The number of rotatable bonds is 6. The maximum absolute atomic E-state index is 9.20. The molecule has 0 heterocycles. The fraction of sp³-hybridized carbons (Fsp3) is 1.00. The first-order valence-electron chi connectivity index (χ1n) is 6.17. The van der Waals surface area contributed by atoms with E-state index in [1.54, 1.807) is 7.11 Å². The zero-order valence-corrected chi connectivity index (χ0v) is 10.1. The van der Waals surface area contributed by atoms with Crippen molar-refractivity contribution in [2.24, 2.45) is 0 Å². The average molecular weight is 215 g/mol. The lowest BCUT2D eigenvalue weighted by molar-refractivity contribution is -0.0230. The van der Waals surface area contributed by atoms with Gasteiger partial charge in [0, 0.05) is 19.3 Å². The van der Waals surface area contributed by atoms with Crippen molar-refractivity contribution in [3.05, 3.63) is 0 Å². The van der Waals surface area contributed by atoms with Gasteiger partial charge in [-0.25, -0.2) is 0 Å². The Morgan fingerprint density at radius 3 is 2.87 bits per heavy atom. The molecule has 90 valence electrons. The molecule has 1 fully saturated rings. The van der Waals surface area contributed by atoms with Crippen molar-refractivity contribution in [2.75, 3.05) is 20.3 Å². The summed E-state index contributed by atoms with van der Waals surface area (Å²) in [7, 11) is 1.79. The van der Waals surface area contributed by atoms with Gasteiger partial charge in [0.2, 0.25) is 0 Å². The lowest BCUT2D eigenvalue weighted by Gasteiger charge is -2.44. The van der Waals surface area contributed by atoms with Crippen LogP contribution in [0.5, 0.6) is 0 Å². The highest BCUT2D eigenvalue weighted by Gasteiger charge is 2.39. The highest BCUT2D eigenvalue weighted by atomic mass is 16.5. The first kappa shape index (κ1) is 12.9. The summed E-state index contributed by atoms with van der Waals surface area (Å²) in [6.45, 7) is 3.43. The molecule has 0 saturated heterocycles. The van der Waals surface area contributed by atoms with E-state index in [9.17, 15) is 5.11 Å². The maximum atomic E-state index is 9.20. The van der Waals surface area contributed by atoms with Crippen LogP contribution in [-0.2, 0) is 4.74 Å². The largest absolute Gasteiger partial charge is 0.396 e. The summed E-state index contributed by atoms with van der Waals surface area (Å²) < 4.78 is 5.58. The molecule has 15 heavy (non-hydrogen) atoms. The second-order valence-corrected chi connectivity index (χ2v) is 4.53. The van der Waals surface area contributed by atoms with Crippen molar-refractivity contribution in [1.82, 2.24) is 5.32 Å². The Bertz CT molecular complexity index is 171. The smallest absolute Gasteiger partial charge is 0.0753 e. The predicted molar refractivity (Wildman–Crippen MR) is 62.0 cm³/mol. The number of methoxy groups -OCH3 is 1. The van der Waals surface area contributed by atoms with Gasteiger partial charge < -0.3 is 15.2 Å². The van der Waals surface area contributed by atoms with E-state index in [1.165, 1.54) is 12.8 Å². The van der Waals surface area contributed by atoms with Crippen molar-refractivity contribution in [3.63, 3.8) is 0 Å². The minimum Gasteiger partial charge on any atom is -0.396 e. The van der Waals surface area contributed by atoms with Crippen molar-refractivity contribution < 1.29 is 9.84 Å². The molecule has 0 aliphatic heterocycles. The number of ether oxygens (including phenoxy) is 1. The van der Waals surface area contributed by atoms with E-state index in [4.69, 9.17) is 4.74 Å². The SMILES string of the molecule is CCCNC1(CCO)CCCCC1OC. The molecule has 0 aromatic heterocycles. The van der Waals surface area contributed by atoms with Gasteiger partial charge in [-0.1, -0.05) is 19.8 Å². The molecule has 0 radical (unpaired) electrons. The van der Waals surface area contributed by atoms with Gasteiger partial charge in [0.25, 0.3) is 0 Å². The summed E-state index contributed by atoms with van der Waals surface area (Å²) in [6, 6.07) is 0. The van der Waals surface area contributed by atoms with Crippen LogP contribution in [0, 0.1) is 0 Å². The van der Waals surface area contributed by atoms with E-state index in [-0.39, 0.29) is 18.2 Å². The third kappa shape index (κ3) is 3.16. The molecule has 0 aromatic carbocycles. The van der Waals surface area contributed by atoms with E-state index < -0.39 is 0 Å². The van der Waals surface area contributed by atoms with Gasteiger partial charge in [-0.3, -0.25) is 0 Å². The maximum Gasteiger partial charge on any atom is 0.0753 e. The monoisotopic (exact) mass is 215 g/mol. The summed E-state index contributed by atoms with van der Waals surface area (Å²) in [5.74, 6) is 0. The van der Waals surface area contributed by atoms with Crippen LogP contribution in [0.2, 0.25) is 0 Å². The molecule has 0 bridgehead atoms. The molecule has 0 aromatic rings. The highest BCUT2D eigenvalue weighted by molar-refractivity contribution is 4.98. The molecule has 0 amide bonds. The van der Waals surface area contributed by atoms with Crippen LogP contribution in [0.1, 0.15) is 45.4 Å². The molecule has 3 nitrogen and oxygen atoms in total. The minimum absolute atomic E-state index is 0.0256. The van der Waals surface area contributed by atoms with Crippen LogP contribution < -0.4 is 5.32 Å². The van der Waals surface area contributed by atoms with E-state index in [1.807, 2.05) is 0 Å². The molecule has 2 unspecified atom stereocenters. The molecule has 1 saturated carbocycles. The molecule has 3 heteroatoms. The Balaban J connectivity index is 2.64. The molecule has 1 aliphatic carbocycles.